The third kappa shape index (κ3) is 4.71. The minimum Gasteiger partial charge on any atom is -0.396 e. The van der Waals surface area contributed by atoms with Crippen molar-refractivity contribution >= 4 is 28.2 Å². The number of nitrogens with zero attached hydrogens (tertiary/aromatic N) is 4. The van der Waals surface area contributed by atoms with Crippen molar-refractivity contribution in [2.45, 2.75) is 52.7 Å². The van der Waals surface area contributed by atoms with Crippen LogP contribution in [0.4, 0.5) is 33.5 Å². The lowest BCUT2D eigenvalue weighted by Gasteiger charge is -2.37. The van der Waals surface area contributed by atoms with Crippen LogP contribution in [0, 0.1) is 35.0 Å². The summed E-state index contributed by atoms with van der Waals surface area (Å²) in [7, 11) is 0. The van der Waals surface area contributed by atoms with Crippen molar-refractivity contribution in [2.24, 2.45) is 5.92 Å². The van der Waals surface area contributed by atoms with Crippen molar-refractivity contribution in [3.05, 3.63) is 63.5 Å². The molecule has 1 saturated heterocycles. The lowest BCUT2D eigenvalue weighted by Crippen LogP contribution is -2.55. The molecule has 2 aliphatic rings. The highest BCUT2D eigenvalue weighted by molar-refractivity contribution is 5.92. The molecule has 5 rings (SSSR count). The number of allylic oxidation sites excluding steroid dienone is 2. The minimum atomic E-state index is -2.16. The fourth-order valence-electron chi connectivity index (χ4n) is 5.63. The summed E-state index contributed by atoms with van der Waals surface area (Å²) in [6.07, 6.45) is 3.48. The topological polar surface area (TPSA) is 101 Å². The first-order valence-corrected chi connectivity index (χ1v) is 13.2. The van der Waals surface area contributed by atoms with Crippen LogP contribution in [-0.4, -0.2) is 45.8 Å². The number of nitrogens with two attached hydrogens (primary N) is 1. The molecular formula is C28H30F5N7O. The van der Waals surface area contributed by atoms with Crippen LogP contribution < -0.4 is 27.0 Å². The summed E-state index contributed by atoms with van der Waals surface area (Å²) >= 11 is 0. The molecule has 0 bridgehead atoms. The number of fused-ring (bicyclic) bond motifs is 1. The van der Waals surface area contributed by atoms with Gasteiger partial charge in [-0.15, -0.1) is 0 Å². The highest BCUT2D eigenvalue weighted by atomic mass is 19.2. The van der Waals surface area contributed by atoms with E-state index in [9.17, 15) is 22.4 Å². The van der Waals surface area contributed by atoms with Gasteiger partial charge in [0.2, 0.25) is 0 Å². The van der Waals surface area contributed by atoms with Gasteiger partial charge >= 0.3 is 5.69 Å². The Hall–Kier alpha value is -4.00. The van der Waals surface area contributed by atoms with Gasteiger partial charge in [0.1, 0.15) is 11.5 Å². The Morgan fingerprint density at radius 3 is 2.27 bits per heavy atom. The SMILES string of the molecule is CC1=C(n2c(=O)nc(N3C[C@@H](C)N[C@@H](C)C3)c3cc(F)c(-c4c(N)c(F)c(F)c(F)c4F)nc32)[C@@H](C(C)C)NC=C1. The molecule has 0 unspecified atom stereocenters. The number of anilines is 2. The second kappa shape index (κ2) is 10.4. The molecule has 218 valence electrons. The molecule has 13 heteroatoms. The van der Waals surface area contributed by atoms with Crippen LogP contribution in [0.25, 0.3) is 28.0 Å². The number of nitrogens with one attached hydrogen (secondary N) is 2. The van der Waals surface area contributed by atoms with Crippen LogP contribution in [-0.2, 0) is 0 Å². The highest BCUT2D eigenvalue weighted by Gasteiger charge is 2.32. The smallest absolute Gasteiger partial charge is 0.355 e. The summed E-state index contributed by atoms with van der Waals surface area (Å²) in [5.41, 5.74) is 2.78. The van der Waals surface area contributed by atoms with Crippen LogP contribution in [0.1, 0.15) is 34.6 Å². The summed E-state index contributed by atoms with van der Waals surface area (Å²) in [5.74, 6) is -9.14. The summed E-state index contributed by atoms with van der Waals surface area (Å²) in [6.45, 7) is 10.4. The first-order chi connectivity index (χ1) is 19.3. The average molecular weight is 576 g/mol. The molecule has 2 aliphatic heterocycles. The lowest BCUT2D eigenvalue weighted by molar-refractivity contribution is 0.405. The molecule has 2 aromatic heterocycles. The summed E-state index contributed by atoms with van der Waals surface area (Å²) < 4.78 is 74.5. The van der Waals surface area contributed by atoms with Crippen LogP contribution in [0.5, 0.6) is 0 Å². The number of piperazine rings is 1. The van der Waals surface area contributed by atoms with Gasteiger partial charge < -0.3 is 21.3 Å². The number of nitrogen functional groups attached to an aromatic ring is 1. The maximum Gasteiger partial charge on any atom is 0.355 e. The number of benzene rings is 1. The molecular weight excluding hydrogens is 545 g/mol. The molecule has 4 heterocycles. The second-order valence-electron chi connectivity index (χ2n) is 11.0. The van der Waals surface area contributed by atoms with E-state index in [1.54, 1.807) is 19.2 Å². The van der Waals surface area contributed by atoms with Gasteiger partial charge in [-0.05, 0) is 50.6 Å². The molecule has 3 aromatic rings. The standard InChI is InChI=1S/C28H30F5N7O/c1-11(2)23-25(12(3)6-7-35-23)40-27-15(26(38-28(40)41)39-9-13(4)36-14(5)10-39)8-16(29)24(37-27)17-18(30)19(31)20(32)21(33)22(17)34/h6-8,11,13-14,23,35-36H,9-10,34H2,1-5H3/t13-,14+,23-/m1/s1. The van der Waals surface area contributed by atoms with Gasteiger partial charge in [-0.3, -0.25) is 0 Å². The van der Waals surface area contributed by atoms with E-state index >= 15 is 4.39 Å². The van der Waals surface area contributed by atoms with E-state index < -0.39 is 57.8 Å². The minimum absolute atomic E-state index is 0.0112. The van der Waals surface area contributed by atoms with Crippen molar-refractivity contribution in [2.75, 3.05) is 23.7 Å². The van der Waals surface area contributed by atoms with Crippen molar-refractivity contribution in [1.29, 1.82) is 0 Å². The molecule has 0 radical (unpaired) electrons. The van der Waals surface area contributed by atoms with Gasteiger partial charge in [0.15, 0.2) is 34.7 Å². The van der Waals surface area contributed by atoms with Crippen molar-refractivity contribution in [3.63, 3.8) is 0 Å². The Balaban J connectivity index is 1.90. The number of hydrogen-bond acceptors (Lipinski definition) is 7. The van der Waals surface area contributed by atoms with E-state index in [0.717, 1.165) is 6.07 Å². The first-order valence-electron chi connectivity index (χ1n) is 13.2. The van der Waals surface area contributed by atoms with E-state index in [1.807, 2.05) is 32.6 Å². The van der Waals surface area contributed by atoms with Gasteiger partial charge in [-0.25, -0.2) is 36.3 Å². The van der Waals surface area contributed by atoms with Gasteiger partial charge in [0, 0.05) is 25.2 Å². The lowest BCUT2D eigenvalue weighted by atomic mass is 9.95. The van der Waals surface area contributed by atoms with Crippen molar-refractivity contribution in [3.8, 4) is 11.3 Å². The van der Waals surface area contributed by atoms with Gasteiger partial charge in [-0.2, -0.15) is 4.98 Å². The third-order valence-corrected chi connectivity index (χ3v) is 7.41. The van der Waals surface area contributed by atoms with Crippen molar-refractivity contribution < 1.29 is 22.0 Å². The largest absolute Gasteiger partial charge is 0.396 e. The molecule has 0 aliphatic carbocycles. The maximum absolute atomic E-state index is 15.8. The number of aromatic nitrogens is 3. The fraction of sp³-hybridized carbons (Fsp3) is 0.393. The predicted molar refractivity (Wildman–Crippen MR) is 148 cm³/mol. The first kappa shape index (κ1) is 28.5. The van der Waals surface area contributed by atoms with E-state index in [4.69, 9.17) is 5.73 Å². The Morgan fingerprint density at radius 2 is 1.63 bits per heavy atom. The zero-order valence-electron chi connectivity index (χ0n) is 23.1. The van der Waals surface area contributed by atoms with Crippen LogP contribution >= 0.6 is 0 Å². The van der Waals surface area contributed by atoms with Crippen LogP contribution in [0.2, 0.25) is 0 Å². The molecule has 4 N–H and O–H groups in total. The van der Waals surface area contributed by atoms with Crippen molar-refractivity contribution in [1.82, 2.24) is 25.2 Å². The monoisotopic (exact) mass is 575 g/mol. The molecule has 41 heavy (non-hydrogen) atoms. The second-order valence-corrected chi connectivity index (χ2v) is 11.0. The fourth-order valence-corrected chi connectivity index (χ4v) is 5.63. The average Bonchev–Trinajstić information content (AvgIpc) is 2.91. The van der Waals surface area contributed by atoms with E-state index in [0.29, 0.717) is 24.4 Å². The Morgan fingerprint density at radius 1 is 1.00 bits per heavy atom. The molecule has 1 aromatic carbocycles. The number of dihydropyridines is 1. The van der Waals surface area contributed by atoms with Gasteiger partial charge in [0.25, 0.3) is 0 Å². The van der Waals surface area contributed by atoms with Crippen LogP contribution in [0.3, 0.4) is 0 Å². The maximum atomic E-state index is 15.8. The highest BCUT2D eigenvalue weighted by Crippen LogP contribution is 2.38. The third-order valence-electron chi connectivity index (χ3n) is 7.41. The van der Waals surface area contributed by atoms with Gasteiger partial charge in [0.05, 0.1) is 28.4 Å². The zero-order chi connectivity index (χ0) is 29.9. The number of hydrogen-bond donors (Lipinski definition) is 3. The Bertz CT molecular complexity index is 1640. The molecule has 8 nitrogen and oxygen atoms in total. The quantitative estimate of drug-likeness (QED) is 0.185. The van der Waals surface area contributed by atoms with Gasteiger partial charge in [-0.1, -0.05) is 13.8 Å². The molecule has 0 saturated carbocycles. The van der Waals surface area contributed by atoms with Crippen LogP contribution in [0.15, 0.2) is 28.7 Å². The number of pyridine rings is 1. The normalized spacial score (nSPS) is 21.2. The number of halogens is 5. The van der Waals surface area contributed by atoms with E-state index in [-0.39, 0.29) is 34.9 Å². The predicted octanol–water partition coefficient (Wildman–Crippen LogP) is 4.30. The molecule has 3 atom stereocenters. The Labute approximate surface area is 232 Å². The number of rotatable bonds is 4. The molecule has 1 fully saturated rings. The Kier molecular flexibility index (Phi) is 7.26. The summed E-state index contributed by atoms with van der Waals surface area (Å²) in [4.78, 5) is 24.3. The zero-order valence-corrected chi connectivity index (χ0v) is 23.1. The summed E-state index contributed by atoms with van der Waals surface area (Å²) in [5, 5.41) is 6.70. The summed E-state index contributed by atoms with van der Waals surface area (Å²) in [6, 6.07) is 0.609. The molecule has 0 spiro atoms. The van der Waals surface area contributed by atoms with E-state index in [1.165, 1.54) is 4.57 Å². The van der Waals surface area contributed by atoms with E-state index in [2.05, 4.69) is 20.6 Å². The molecule has 0 amide bonds.